The summed E-state index contributed by atoms with van der Waals surface area (Å²) in [5.74, 6) is -3.63. The van der Waals surface area contributed by atoms with Crippen molar-refractivity contribution < 1.29 is 18.8 Å². The number of carbonyl (C=O) groups is 3. The number of hydrogen-bond donors (Lipinski definition) is 1. The van der Waals surface area contributed by atoms with Gasteiger partial charge >= 0.3 is 0 Å². The van der Waals surface area contributed by atoms with Crippen molar-refractivity contribution in [3.05, 3.63) is 101 Å². The standard InChI is InChI=1S/C27H19ClFN3O3/c28-16-8-10-18(11-9-16)30-25(33)24-22-21(23-20-7-2-1-4-15(20)12-13-31(23)24)26(34)32(27(22)35)19-6-3-5-17(29)14-19/h1-14,21-24H,(H,30,33)/t21-,22+,23-,24-/m0/s1. The molecule has 3 aromatic carbocycles. The number of amides is 3. The summed E-state index contributed by atoms with van der Waals surface area (Å²) in [5.41, 5.74) is 2.49. The summed E-state index contributed by atoms with van der Waals surface area (Å²) in [6.07, 6.45) is 3.67. The molecular formula is C27H19ClFN3O3. The molecule has 3 aliphatic heterocycles. The zero-order chi connectivity index (χ0) is 24.3. The van der Waals surface area contributed by atoms with Crippen molar-refractivity contribution in [3.8, 4) is 0 Å². The van der Waals surface area contributed by atoms with Crippen LogP contribution in [-0.2, 0) is 14.4 Å². The molecule has 3 heterocycles. The van der Waals surface area contributed by atoms with Gasteiger partial charge in [0.1, 0.15) is 11.9 Å². The van der Waals surface area contributed by atoms with E-state index in [-0.39, 0.29) is 5.69 Å². The van der Waals surface area contributed by atoms with Gasteiger partial charge in [-0.3, -0.25) is 14.4 Å². The number of nitrogens with zero attached hydrogens (tertiary/aromatic N) is 2. The van der Waals surface area contributed by atoms with E-state index in [1.165, 1.54) is 18.2 Å². The van der Waals surface area contributed by atoms with Crippen molar-refractivity contribution in [2.45, 2.75) is 12.1 Å². The molecule has 2 fully saturated rings. The number of halogens is 2. The Bertz CT molecular complexity index is 1410. The van der Waals surface area contributed by atoms with Gasteiger partial charge in [-0.05, 0) is 59.7 Å². The van der Waals surface area contributed by atoms with E-state index in [1.807, 2.05) is 35.2 Å². The van der Waals surface area contributed by atoms with Gasteiger partial charge in [-0.15, -0.1) is 0 Å². The monoisotopic (exact) mass is 487 g/mol. The molecule has 4 atom stereocenters. The minimum atomic E-state index is -0.932. The van der Waals surface area contributed by atoms with Crippen molar-refractivity contribution in [2.75, 3.05) is 10.2 Å². The van der Waals surface area contributed by atoms with Crippen LogP contribution in [0.15, 0.2) is 79.0 Å². The van der Waals surface area contributed by atoms with Crippen LogP contribution in [0.1, 0.15) is 17.2 Å². The first kappa shape index (κ1) is 21.6. The average molecular weight is 488 g/mol. The number of rotatable bonds is 3. The second-order valence-electron chi connectivity index (χ2n) is 8.82. The minimum absolute atomic E-state index is 0.164. The molecule has 3 amide bonds. The van der Waals surface area contributed by atoms with Gasteiger partial charge in [0.25, 0.3) is 0 Å². The fourth-order valence-corrected chi connectivity index (χ4v) is 5.60. The van der Waals surface area contributed by atoms with E-state index < -0.39 is 47.5 Å². The van der Waals surface area contributed by atoms with Crippen LogP contribution < -0.4 is 10.2 Å². The van der Waals surface area contributed by atoms with Crippen molar-refractivity contribution in [1.82, 2.24) is 4.90 Å². The molecule has 3 aliphatic rings. The highest BCUT2D eigenvalue weighted by Crippen LogP contribution is 2.53. The zero-order valence-corrected chi connectivity index (χ0v) is 19.0. The molecule has 8 heteroatoms. The van der Waals surface area contributed by atoms with Crippen LogP contribution in [-0.4, -0.2) is 28.7 Å². The van der Waals surface area contributed by atoms with Crippen molar-refractivity contribution in [1.29, 1.82) is 0 Å². The SMILES string of the molecule is O=C(Nc1ccc(Cl)cc1)[C@@H]1[C@@H]2C(=O)N(c3cccc(F)c3)C(=O)[C@@H]2[C@@H]2c3ccccc3C=CN12. The van der Waals surface area contributed by atoms with E-state index in [9.17, 15) is 18.8 Å². The topological polar surface area (TPSA) is 69.7 Å². The molecule has 0 bridgehead atoms. The molecule has 3 aromatic rings. The van der Waals surface area contributed by atoms with Gasteiger partial charge in [-0.2, -0.15) is 0 Å². The third-order valence-corrected chi connectivity index (χ3v) is 7.16. The lowest BCUT2D eigenvalue weighted by molar-refractivity contribution is -0.128. The van der Waals surface area contributed by atoms with E-state index in [1.54, 1.807) is 30.5 Å². The molecule has 0 saturated carbocycles. The number of imide groups is 1. The van der Waals surface area contributed by atoms with Crippen LogP contribution in [0, 0.1) is 17.7 Å². The Kier molecular flexibility index (Phi) is 4.96. The zero-order valence-electron chi connectivity index (χ0n) is 18.3. The van der Waals surface area contributed by atoms with Crippen LogP contribution >= 0.6 is 11.6 Å². The van der Waals surface area contributed by atoms with Gasteiger partial charge in [-0.1, -0.05) is 41.9 Å². The highest BCUT2D eigenvalue weighted by Gasteiger charge is 2.64. The first-order chi connectivity index (χ1) is 16.9. The van der Waals surface area contributed by atoms with Crippen molar-refractivity contribution in [2.24, 2.45) is 11.8 Å². The van der Waals surface area contributed by atoms with E-state index in [2.05, 4.69) is 5.32 Å². The van der Waals surface area contributed by atoms with Gasteiger partial charge in [-0.25, -0.2) is 9.29 Å². The highest BCUT2D eigenvalue weighted by atomic mass is 35.5. The van der Waals surface area contributed by atoms with Crippen molar-refractivity contribution in [3.63, 3.8) is 0 Å². The van der Waals surface area contributed by atoms with Crippen LogP contribution in [0.4, 0.5) is 15.8 Å². The Morgan fingerprint density at radius 3 is 2.43 bits per heavy atom. The molecule has 0 aliphatic carbocycles. The minimum Gasteiger partial charge on any atom is -0.357 e. The molecule has 0 radical (unpaired) electrons. The maximum absolute atomic E-state index is 14.0. The normalized spacial score (nSPS) is 24.3. The van der Waals surface area contributed by atoms with Crippen LogP contribution in [0.2, 0.25) is 5.02 Å². The molecule has 0 aromatic heterocycles. The van der Waals surface area contributed by atoms with Crippen molar-refractivity contribution >= 4 is 46.8 Å². The molecule has 2 saturated heterocycles. The molecular weight excluding hydrogens is 469 g/mol. The lowest BCUT2D eigenvalue weighted by Crippen LogP contribution is -2.46. The first-order valence-electron chi connectivity index (χ1n) is 11.2. The first-order valence-corrected chi connectivity index (χ1v) is 11.6. The number of benzene rings is 3. The van der Waals surface area contributed by atoms with E-state index in [0.717, 1.165) is 22.1 Å². The van der Waals surface area contributed by atoms with E-state index >= 15 is 0 Å². The highest BCUT2D eigenvalue weighted by molar-refractivity contribution is 6.30. The van der Waals surface area contributed by atoms with E-state index in [0.29, 0.717) is 10.7 Å². The number of fused-ring (bicyclic) bond motifs is 5. The van der Waals surface area contributed by atoms with Crippen LogP contribution in [0.25, 0.3) is 6.08 Å². The van der Waals surface area contributed by atoms with Crippen LogP contribution in [0.3, 0.4) is 0 Å². The Labute approximate surface area is 205 Å². The molecule has 174 valence electrons. The predicted octanol–water partition coefficient (Wildman–Crippen LogP) is 4.63. The Morgan fingerprint density at radius 2 is 1.66 bits per heavy atom. The summed E-state index contributed by atoms with van der Waals surface area (Å²) in [5, 5.41) is 3.39. The molecule has 1 N–H and O–H groups in total. The summed E-state index contributed by atoms with van der Waals surface area (Å²) in [6.45, 7) is 0. The van der Waals surface area contributed by atoms with E-state index in [4.69, 9.17) is 11.6 Å². The lowest BCUT2D eigenvalue weighted by Gasteiger charge is -2.35. The Morgan fingerprint density at radius 1 is 0.914 bits per heavy atom. The number of hydrogen-bond acceptors (Lipinski definition) is 4. The predicted molar refractivity (Wildman–Crippen MR) is 130 cm³/mol. The second-order valence-corrected chi connectivity index (χ2v) is 9.26. The summed E-state index contributed by atoms with van der Waals surface area (Å²) >= 11 is 5.96. The molecule has 35 heavy (non-hydrogen) atoms. The van der Waals surface area contributed by atoms with Gasteiger partial charge in [0.2, 0.25) is 17.7 Å². The maximum Gasteiger partial charge on any atom is 0.247 e. The smallest absolute Gasteiger partial charge is 0.247 e. The lowest BCUT2D eigenvalue weighted by atomic mass is 9.84. The summed E-state index contributed by atoms with van der Waals surface area (Å²) < 4.78 is 14.0. The Hall–Kier alpha value is -3.97. The third-order valence-electron chi connectivity index (χ3n) is 6.91. The number of anilines is 2. The van der Waals surface area contributed by atoms with Gasteiger partial charge in [0.05, 0.1) is 23.6 Å². The Balaban J connectivity index is 1.44. The summed E-state index contributed by atoms with van der Waals surface area (Å²) in [6, 6.07) is 18.2. The number of nitrogens with one attached hydrogen (secondary N) is 1. The van der Waals surface area contributed by atoms with Crippen LogP contribution in [0.5, 0.6) is 0 Å². The molecule has 0 spiro atoms. The molecule has 0 unspecified atom stereocenters. The van der Waals surface area contributed by atoms with Gasteiger partial charge in [0.15, 0.2) is 0 Å². The molecule has 6 nitrogen and oxygen atoms in total. The largest absolute Gasteiger partial charge is 0.357 e. The summed E-state index contributed by atoms with van der Waals surface area (Å²) in [7, 11) is 0. The number of carbonyl (C=O) groups excluding carboxylic acids is 3. The van der Waals surface area contributed by atoms with Gasteiger partial charge in [0, 0.05) is 16.9 Å². The summed E-state index contributed by atoms with van der Waals surface area (Å²) in [4.78, 5) is 43.9. The quantitative estimate of drug-likeness (QED) is 0.547. The molecule has 6 rings (SSSR count). The maximum atomic E-state index is 14.0. The second kappa shape index (κ2) is 8.06. The average Bonchev–Trinajstić information content (AvgIpc) is 3.33. The third kappa shape index (κ3) is 3.34. The van der Waals surface area contributed by atoms with Gasteiger partial charge < -0.3 is 10.2 Å². The fraction of sp³-hybridized carbons (Fsp3) is 0.148. The fourth-order valence-electron chi connectivity index (χ4n) is 5.48.